The van der Waals surface area contributed by atoms with E-state index in [9.17, 15) is 8.78 Å². The molecule has 2 N–H and O–H groups in total. The molecular weight excluding hydrogens is 316 g/mol. The monoisotopic (exact) mass is 329 g/mol. The minimum atomic E-state index is -0.757. The minimum Gasteiger partial charge on any atom is -0.323 e. The first-order valence-corrected chi connectivity index (χ1v) is 6.58. The Morgan fingerprint density at radius 2 is 1.95 bits per heavy atom. The highest BCUT2D eigenvalue weighted by Gasteiger charge is 2.20. The van der Waals surface area contributed by atoms with Crippen molar-refractivity contribution in [2.45, 2.75) is 19.4 Å². The van der Waals surface area contributed by atoms with E-state index in [2.05, 4.69) is 21.0 Å². The van der Waals surface area contributed by atoms with Gasteiger partial charge in [0.25, 0.3) is 0 Å². The van der Waals surface area contributed by atoms with Gasteiger partial charge in [0.1, 0.15) is 11.6 Å². The van der Waals surface area contributed by atoms with Crippen LogP contribution < -0.4 is 5.73 Å². The van der Waals surface area contributed by atoms with Crippen LogP contribution in [-0.4, -0.2) is 9.78 Å². The fraction of sp³-hybridized carbons (Fsp3) is 0.308. The van der Waals surface area contributed by atoms with Gasteiger partial charge in [-0.25, -0.2) is 8.78 Å². The van der Waals surface area contributed by atoms with E-state index in [0.717, 1.165) is 15.9 Å². The average molecular weight is 330 g/mol. The summed E-state index contributed by atoms with van der Waals surface area (Å²) in [7, 11) is 1.78. The van der Waals surface area contributed by atoms with Crippen molar-refractivity contribution in [2.75, 3.05) is 0 Å². The molecule has 0 fully saturated rings. The van der Waals surface area contributed by atoms with Gasteiger partial charge in [0, 0.05) is 25.1 Å². The number of aromatic nitrogens is 2. The summed E-state index contributed by atoms with van der Waals surface area (Å²) in [5.41, 5.74) is 7.48. The molecule has 0 aliphatic carbocycles. The predicted octanol–water partition coefficient (Wildman–Crippen LogP) is 3.01. The summed E-state index contributed by atoms with van der Waals surface area (Å²) >= 11 is 3.41. The third-order valence-electron chi connectivity index (χ3n) is 3.05. The molecule has 0 radical (unpaired) electrons. The van der Waals surface area contributed by atoms with E-state index < -0.39 is 17.7 Å². The third-order valence-corrected chi connectivity index (χ3v) is 4.08. The van der Waals surface area contributed by atoms with Gasteiger partial charge >= 0.3 is 0 Å². The molecule has 0 aliphatic rings. The van der Waals surface area contributed by atoms with Crippen molar-refractivity contribution < 1.29 is 8.78 Å². The average Bonchev–Trinajstić information content (AvgIpc) is 2.56. The first kappa shape index (κ1) is 14.1. The molecule has 3 nitrogen and oxygen atoms in total. The summed E-state index contributed by atoms with van der Waals surface area (Å²) in [6.07, 6.45) is 0.301. The number of aryl methyl sites for hydroxylation is 2. The molecule has 0 spiro atoms. The molecule has 19 heavy (non-hydrogen) atoms. The van der Waals surface area contributed by atoms with Crippen molar-refractivity contribution in [1.82, 2.24) is 9.78 Å². The second kappa shape index (κ2) is 5.38. The highest BCUT2D eigenvalue weighted by Crippen LogP contribution is 2.27. The van der Waals surface area contributed by atoms with Gasteiger partial charge in [0.15, 0.2) is 0 Å². The Bertz CT molecular complexity index is 590. The number of nitrogens with two attached hydrogens (primary N) is 1. The second-order valence-electron chi connectivity index (χ2n) is 4.42. The van der Waals surface area contributed by atoms with Gasteiger partial charge < -0.3 is 5.73 Å². The summed E-state index contributed by atoms with van der Waals surface area (Å²) in [5, 5.41) is 4.23. The third kappa shape index (κ3) is 2.69. The van der Waals surface area contributed by atoms with Gasteiger partial charge in [-0.3, -0.25) is 4.68 Å². The fourth-order valence-corrected chi connectivity index (χ4v) is 2.57. The Kier molecular flexibility index (Phi) is 4.01. The summed E-state index contributed by atoms with van der Waals surface area (Å²) in [6.45, 7) is 1.85. The normalized spacial score (nSPS) is 12.7. The summed E-state index contributed by atoms with van der Waals surface area (Å²) < 4.78 is 29.8. The summed E-state index contributed by atoms with van der Waals surface area (Å²) in [5.74, 6) is -1.25. The van der Waals surface area contributed by atoms with Crippen molar-refractivity contribution in [1.29, 1.82) is 0 Å². The molecule has 1 heterocycles. The van der Waals surface area contributed by atoms with E-state index in [0.29, 0.717) is 6.42 Å². The van der Waals surface area contributed by atoms with Gasteiger partial charge in [0.05, 0.1) is 15.9 Å². The van der Waals surface area contributed by atoms with Crippen LogP contribution in [0.1, 0.15) is 23.0 Å². The molecule has 0 bridgehead atoms. The zero-order valence-electron chi connectivity index (χ0n) is 10.6. The Labute approximate surface area is 118 Å². The lowest BCUT2D eigenvalue weighted by molar-refractivity contribution is 0.517. The van der Waals surface area contributed by atoms with Crippen LogP contribution in [-0.2, 0) is 13.5 Å². The molecule has 2 rings (SSSR count). The number of rotatable bonds is 3. The molecule has 1 unspecified atom stereocenters. The molecule has 6 heteroatoms. The molecule has 102 valence electrons. The van der Waals surface area contributed by atoms with Crippen molar-refractivity contribution in [3.63, 3.8) is 0 Å². The maximum atomic E-state index is 13.7. The smallest absolute Gasteiger partial charge is 0.130 e. The largest absolute Gasteiger partial charge is 0.323 e. The number of nitrogens with zero attached hydrogens (tertiary/aromatic N) is 2. The minimum absolute atomic E-state index is 0.0896. The molecule has 1 atom stereocenters. The Morgan fingerprint density at radius 3 is 2.42 bits per heavy atom. The van der Waals surface area contributed by atoms with Crippen LogP contribution in [0.2, 0.25) is 0 Å². The molecule has 0 amide bonds. The summed E-state index contributed by atoms with van der Waals surface area (Å²) in [4.78, 5) is 0. The van der Waals surface area contributed by atoms with Crippen molar-refractivity contribution >= 4 is 15.9 Å². The van der Waals surface area contributed by atoms with E-state index in [1.165, 1.54) is 18.2 Å². The SMILES string of the molecule is Cc1nn(C)c(CC(N)c2c(F)cccc2F)c1Br. The number of benzene rings is 1. The highest BCUT2D eigenvalue weighted by molar-refractivity contribution is 9.10. The van der Waals surface area contributed by atoms with Crippen LogP contribution in [0.25, 0.3) is 0 Å². The molecule has 0 saturated carbocycles. The van der Waals surface area contributed by atoms with Gasteiger partial charge in [-0.05, 0) is 35.0 Å². The van der Waals surface area contributed by atoms with Crippen molar-refractivity contribution in [3.8, 4) is 0 Å². The molecule has 2 aromatic rings. The van der Waals surface area contributed by atoms with E-state index >= 15 is 0 Å². The van der Waals surface area contributed by atoms with E-state index in [1.807, 2.05) is 6.92 Å². The van der Waals surface area contributed by atoms with E-state index in [-0.39, 0.29) is 5.56 Å². The lowest BCUT2D eigenvalue weighted by Gasteiger charge is -2.14. The van der Waals surface area contributed by atoms with Crippen molar-refractivity contribution in [3.05, 3.63) is 51.3 Å². The molecule has 0 aliphatic heterocycles. The number of hydrogen-bond acceptors (Lipinski definition) is 2. The van der Waals surface area contributed by atoms with Gasteiger partial charge in [0.2, 0.25) is 0 Å². The zero-order valence-corrected chi connectivity index (χ0v) is 12.2. The molecule has 1 aromatic carbocycles. The number of hydrogen-bond donors (Lipinski definition) is 1. The van der Waals surface area contributed by atoms with Crippen LogP contribution in [0.3, 0.4) is 0 Å². The number of halogens is 3. The zero-order chi connectivity index (χ0) is 14.2. The Balaban J connectivity index is 2.33. The topological polar surface area (TPSA) is 43.8 Å². The Hall–Kier alpha value is -1.27. The molecule has 0 saturated heterocycles. The predicted molar refractivity (Wildman–Crippen MR) is 72.6 cm³/mol. The second-order valence-corrected chi connectivity index (χ2v) is 5.21. The maximum absolute atomic E-state index is 13.7. The lowest BCUT2D eigenvalue weighted by Crippen LogP contribution is -2.18. The van der Waals surface area contributed by atoms with Crippen LogP contribution in [0, 0.1) is 18.6 Å². The van der Waals surface area contributed by atoms with Gasteiger partial charge in [-0.15, -0.1) is 0 Å². The van der Waals surface area contributed by atoms with E-state index in [4.69, 9.17) is 5.73 Å². The quantitative estimate of drug-likeness (QED) is 0.940. The highest BCUT2D eigenvalue weighted by atomic mass is 79.9. The van der Waals surface area contributed by atoms with Crippen LogP contribution in [0.4, 0.5) is 8.78 Å². The lowest BCUT2D eigenvalue weighted by atomic mass is 10.0. The van der Waals surface area contributed by atoms with Crippen molar-refractivity contribution in [2.24, 2.45) is 12.8 Å². The van der Waals surface area contributed by atoms with Crippen LogP contribution in [0.15, 0.2) is 22.7 Å². The van der Waals surface area contributed by atoms with Gasteiger partial charge in [-0.2, -0.15) is 5.10 Å². The van der Waals surface area contributed by atoms with Crippen LogP contribution in [0.5, 0.6) is 0 Å². The summed E-state index contributed by atoms with van der Waals surface area (Å²) in [6, 6.07) is 2.99. The Morgan fingerprint density at radius 1 is 1.37 bits per heavy atom. The maximum Gasteiger partial charge on any atom is 0.130 e. The standard InChI is InChI=1S/C13H14BrF2N3/c1-7-13(14)11(19(2)18-7)6-10(17)12-8(15)4-3-5-9(12)16/h3-5,10H,6,17H2,1-2H3. The molecular formula is C13H14BrF2N3. The van der Waals surface area contributed by atoms with E-state index in [1.54, 1.807) is 11.7 Å². The van der Waals surface area contributed by atoms with Crippen LogP contribution >= 0.6 is 15.9 Å². The molecule has 1 aromatic heterocycles. The fourth-order valence-electron chi connectivity index (χ4n) is 2.08. The van der Waals surface area contributed by atoms with Gasteiger partial charge in [-0.1, -0.05) is 6.07 Å². The first-order valence-electron chi connectivity index (χ1n) is 5.79. The first-order chi connectivity index (χ1) is 8.91.